The fourth-order valence-electron chi connectivity index (χ4n) is 3.33. The maximum absolute atomic E-state index is 11.9. The number of nitrogens with one attached hydrogen (secondary N) is 1. The Labute approximate surface area is 139 Å². The lowest BCUT2D eigenvalue weighted by Gasteiger charge is -2.30. The number of carbonyl (C=O) groups is 1. The van der Waals surface area contributed by atoms with E-state index in [2.05, 4.69) is 41.4 Å². The molecule has 2 saturated heterocycles. The Hall–Kier alpha value is -1.39. The quantitative estimate of drug-likeness (QED) is 0.908. The normalized spacial score (nSPS) is 23.1. The zero-order valence-corrected chi connectivity index (χ0v) is 14.1. The number of carbonyl (C=O) groups excluding carboxylic acids is 1. The van der Waals surface area contributed by atoms with Gasteiger partial charge >= 0.3 is 0 Å². The number of likely N-dealkylation sites (tertiary alicyclic amines) is 1. The fourth-order valence-corrected chi connectivity index (χ4v) is 3.33. The molecule has 0 bridgehead atoms. The van der Waals surface area contributed by atoms with Gasteiger partial charge in [-0.1, -0.05) is 31.2 Å². The summed E-state index contributed by atoms with van der Waals surface area (Å²) < 4.78 is 5.40. The molecule has 3 rings (SSSR count). The van der Waals surface area contributed by atoms with Gasteiger partial charge in [0, 0.05) is 19.7 Å². The number of benzene rings is 1. The number of ether oxygens (including phenoxy) is 1. The smallest absolute Gasteiger partial charge is 0.249 e. The van der Waals surface area contributed by atoms with Crippen molar-refractivity contribution in [3.63, 3.8) is 0 Å². The molecule has 1 amide bonds. The predicted octanol–water partition coefficient (Wildman–Crippen LogP) is 2.71. The third kappa shape index (κ3) is 4.79. The van der Waals surface area contributed by atoms with E-state index in [-0.39, 0.29) is 12.0 Å². The first-order chi connectivity index (χ1) is 11.2. The zero-order valence-electron chi connectivity index (χ0n) is 14.1. The van der Waals surface area contributed by atoms with Crippen LogP contribution in [-0.4, -0.2) is 36.6 Å². The third-order valence-corrected chi connectivity index (χ3v) is 4.99. The number of nitrogens with zero attached hydrogens (tertiary/aromatic N) is 1. The summed E-state index contributed by atoms with van der Waals surface area (Å²) in [6, 6.07) is 8.62. The van der Waals surface area contributed by atoms with Crippen LogP contribution in [0.3, 0.4) is 0 Å². The van der Waals surface area contributed by atoms with Crippen molar-refractivity contribution in [2.75, 3.05) is 19.7 Å². The topological polar surface area (TPSA) is 41.6 Å². The minimum Gasteiger partial charge on any atom is -0.368 e. The molecular formula is C19H28N2O2. The van der Waals surface area contributed by atoms with Gasteiger partial charge in [-0.3, -0.25) is 9.69 Å². The van der Waals surface area contributed by atoms with Crippen molar-refractivity contribution in [3.05, 3.63) is 35.4 Å². The van der Waals surface area contributed by atoms with E-state index in [1.807, 2.05) is 0 Å². The first-order valence-electron chi connectivity index (χ1n) is 8.90. The van der Waals surface area contributed by atoms with Crippen LogP contribution >= 0.6 is 0 Å². The van der Waals surface area contributed by atoms with Crippen LogP contribution in [0.2, 0.25) is 0 Å². The molecule has 126 valence electrons. The van der Waals surface area contributed by atoms with Crippen LogP contribution in [0.1, 0.15) is 43.7 Å². The molecule has 0 unspecified atom stereocenters. The predicted molar refractivity (Wildman–Crippen MR) is 90.9 cm³/mol. The molecule has 1 aromatic rings. The lowest BCUT2D eigenvalue weighted by Crippen LogP contribution is -2.33. The van der Waals surface area contributed by atoms with Gasteiger partial charge in [0.05, 0.1) is 0 Å². The van der Waals surface area contributed by atoms with E-state index in [0.29, 0.717) is 13.2 Å². The molecule has 1 aromatic carbocycles. The average molecular weight is 316 g/mol. The van der Waals surface area contributed by atoms with Crippen LogP contribution in [0.4, 0.5) is 0 Å². The lowest BCUT2D eigenvalue weighted by molar-refractivity contribution is -0.130. The highest BCUT2D eigenvalue weighted by atomic mass is 16.5. The molecule has 2 fully saturated rings. The van der Waals surface area contributed by atoms with Crippen molar-refractivity contribution in [1.29, 1.82) is 0 Å². The van der Waals surface area contributed by atoms with Crippen LogP contribution in [0, 0.1) is 5.92 Å². The molecule has 0 spiro atoms. The second kappa shape index (κ2) is 7.93. The van der Waals surface area contributed by atoms with Crippen LogP contribution < -0.4 is 5.32 Å². The van der Waals surface area contributed by atoms with Crippen molar-refractivity contribution in [1.82, 2.24) is 10.2 Å². The fraction of sp³-hybridized carbons (Fsp3) is 0.632. The van der Waals surface area contributed by atoms with Gasteiger partial charge in [-0.2, -0.15) is 0 Å². The van der Waals surface area contributed by atoms with Gasteiger partial charge in [-0.05, 0) is 55.8 Å². The first kappa shape index (κ1) is 16.5. The maximum Gasteiger partial charge on any atom is 0.249 e. The van der Waals surface area contributed by atoms with Crippen molar-refractivity contribution in [2.45, 2.75) is 51.8 Å². The standard InChI is InChI=1S/C19H28N2O2/c1-15-8-10-21(11-9-15)14-17-6-4-16(5-7-17)13-20-19(22)18-3-2-12-23-18/h4-7,15,18H,2-3,8-14H2,1H3,(H,20,22)/t18-/m1/s1. The first-order valence-corrected chi connectivity index (χ1v) is 8.90. The number of rotatable bonds is 5. The highest BCUT2D eigenvalue weighted by Crippen LogP contribution is 2.18. The van der Waals surface area contributed by atoms with E-state index < -0.39 is 0 Å². The monoisotopic (exact) mass is 316 g/mol. The minimum atomic E-state index is -0.240. The van der Waals surface area contributed by atoms with Crippen molar-refractivity contribution in [2.24, 2.45) is 5.92 Å². The van der Waals surface area contributed by atoms with E-state index in [0.717, 1.165) is 30.9 Å². The summed E-state index contributed by atoms with van der Waals surface area (Å²) in [5, 5.41) is 2.97. The number of hydrogen-bond acceptors (Lipinski definition) is 3. The van der Waals surface area contributed by atoms with E-state index in [1.54, 1.807) is 0 Å². The van der Waals surface area contributed by atoms with Gasteiger partial charge in [-0.25, -0.2) is 0 Å². The van der Waals surface area contributed by atoms with E-state index in [4.69, 9.17) is 4.74 Å². The summed E-state index contributed by atoms with van der Waals surface area (Å²) in [6.07, 6.45) is 4.22. The Morgan fingerprint density at radius 3 is 2.52 bits per heavy atom. The molecule has 4 nitrogen and oxygen atoms in total. The van der Waals surface area contributed by atoms with Crippen molar-refractivity contribution >= 4 is 5.91 Å². The van der Waals surface area contributed by atoms with Crippen molar-refractivity contribution in [3.8, 4) is 0 Å². The van der Waals surface area contributed by atoms with Crippen LogP contribution in [0.25, 0.3) is 0 Å². The van der Waals surface area contributed by atoms with Gasteiger partial charge in [0.15, 0.2) is 0 Å². The Balaban J connectivity index is 1.44. The molecule has 1 atom stereocenters. The molecule has 0 saturated carbocycles. The van der Waals surface area contributed by atoms with E-state index >= 15 is 0 Å². The van der Waals surface area contributed by atoms with Gasteiger partial charge in [0.2, 0.25) is 5.91 Å². The average Bonchev–Trinajstić information content (AvgIpc) is 3.11. The molecular weight excluding hydrogens is 288 g/mol. The molecule has 23 heavy (non-hydrogen) atoms. The molecule has 2 aliphatic heterocycles. The highest BCUT2D eigenvalue weighted by molar-refractivity contribution is 5.80. The summed E-state index contributed by atoms with van der Waals surface area (Å²) in [4.78, 5) is 14.5. The Morgan fingerprint density at radius 1 is 1.17 bits per heavy atom. The van der Waals surface area contributed by atoms with E-state index in [9.17, 15) is 4.79 Å². The third-order valence-electron chi connectivity index (χ3n) is 4.99. The second-order valence-corrected chi connectivity index (χ2v) is 6.99. The molecule has 0 aromatic heterocycles. The Bertz CT molecular complexity index is 501. The Kier molecular flexibility index (Phi) is 5.68. The van der Waals surface area contributed by atoms with Gasteiger partial charge < -0.3 is 10.1 Å². The van der Waals surface area contributed by atoms with Gasteiger partial charge in [-0.15, -0.1) is 0 Å². The van der Waals surface area contributed by atoms with Gasteiger partial charge in [0.1, 0.15) is 6.10 Å². The minimum absolute atomic E-state index is 0.0222. The van der Waals surface area contributed by atoms with Gasteiger partial charge in [0.25, 0.3) is 0 Å². The zero-order chi connectivity index (χ0) is 16.1. The summed E-state index contributed by atoms with van der Waals surface area (Å²) in [5.74, 6) is 0.898. The Morgan fingerprint density at radius 2 is 1.87 bits per heavy atom. The lowest BCUT2D eigenvalue weighted by atomic mass is 9.99. The summed E-state index contributed by atoms with van der Waals surface area (Å²) in [6.45, 7) is 7.09. The van der Waals surface area contributed by atoms with Crippen molar-refractivity contribution < 1.29 is 9.53 Å². The molecule has 4 heteroatoms. The summed E-state index contributed by atoms with van der Waals surface area (Å²) >= 11 is 0. The number of amides is 1. The molecule has 2 aliphatic rings. The largest absolute Gasteiger partial charge is 0.368 e. The highest BCUT2D eigenvalue weighted by Gasteiger charge is 2.23. The van der Waals surface area contributed by atoms with Crippen LogP contribution in [0.15, 0.2) is 24.3 Å². The number of hydrogen-bond donors (Lipinski definition) is 1. The van der Waals surface area contributed by atoms with Crippen LogP contribution in [0.5, 0.6) is 0 Å². The molecule has 1 N–H and O–H groups in total. The maximum atomic E-state index is 11.9. The molecule has 2 heterocycles. The SMILES string of the molecule is CC1CCN(Cc2ccc(CNC(=O)[C@H]3CCCO3)cc2)CC1. The summed E-state index contributed by atoms with van der Waals surface area (Å²) in [7, 11) is 0. The second-order valence-electron chi connectivity index (χ2n) is 6.99. The molecule has 0 aliphatic carbocycles. The summed E-state index contributed by atoms with van der Waals surface area (Å²) in [5.41, 5.74) is 2.50. The van der Waals surface area contributed by atoms with Crippen LogP contribution in [-0.2, 0) is 22.6 Å². The number of piperidine rings is 1. The molecule has 0 radical (unpaired) electrons. The van der Waals surface area contributed by atoms with E-state index in [1.165, 1.54) is 31.5 Å².